The first-order valence-electron chi connectivity index (χ1n) is 24.2. The number of amides is 6. The Morgan fingerprint density at radius 1 is 0.556 bits per heavy atom. The summed E-state index contributed by atoms with van der Waals surface area (Å²) in [6.45, 7) is 2.82. The van der Waals surface area contributed by atoms with Gasteiger partial charge < -0.3 is 9.47 Å². The van der Waals surface area contributed by atoms with Gasteiger partial charge in [-0.25, -0.2) is 9.59 Å². The van der Waals surface area contributed by atoms with Gasteiger partial charge in [-0.15, -0.1) is 22.7 Å². The molecule has 2 saturated carbocycles. The van der Waals surface area contributed by atoms with E-state index in [1.807, 2.05) is 24.3 Å². The van der Waals surface area contributed by atoms with Crippen molar-refractivity contribution in [1.82, 2.24) is 9.80 Å². The van der Waals surface area contributed by atoms with E-state index in [-0.39, 0.29) is 57.5 Å². The number of hydrogen-bond acceptors (Lipinski definition) is 12. The molecule has 4 heterocycles. The van der Waals surface area contributed by atoms with Crippen LogP contribution in [-0.2, 0) is 52.7 Å². The summed E-state index contributed by atoms with van der Waals surface area (Å²) in [5.41, 5.74) is 8.01. The van der Waals surface area contributed by atoms with Crippen LogP contribution >= 0.6 is 22.7 Å². The fourth-order valence-corrected chi connectivity index (χ4v) is 14.3. The fourth-order valence-electron chi connectivity index (χ4n) is 11.9. The lowest BCUT2D eigenvalue weighted by atomic mass is 9.66. The lowest BCUT2D eigenvalue weighted by molar-refractivity contribution is -0.140. The van der Waals surface area contributed by atoms with E-state index in [1.165, 1.54) is 33.4 Å². The molecule has 358 valence electrons. The highest BCUT2D eigenvalue weighted by Gasteiger charge is 2.51. The maximum absolute atomic E-state index is 14.2. The molecule has 12 nitrogen and oxygen atoms in total. The van der Waals surface area contributed by atoms with Crippen molar-refractivity contribution in [3.63, 3.8) is 0 Å². The van der Waals surface area contributed by atoms with E-state index in [4.69, 9.17) is 9.47 Å². The van der Waals surface area contributed by atoms with Gasteiger partial charge in [0.25, 0.3) is 23.6 Å². The predicted octanol–water partition coefficient (Wildman–Crippen LogP) is 12.1. The van der Waals surface area contributed by atoms with Gasteiger partial charge in [0, 0.05) is 41.5 Å². The molecule has 2 fully saturated rings. The van der Waals surface area contributed by atoms with E-state index < -0.39 is 35.8 Å². The minimum absolute atomic E-state index is 0.0812. The fraction of sp³-hybridized carbons (Fsp3) is 0.276. The van der Waals surface area contributed by atoms with Crippen molar-refractivity contribution in [2.24, 2.45) is 0 Å². The maximum atomic E-state index is 14.2. The number of nitriles is 2. The minimum atomic E-state index is -1.14. The van der Waals surface area contributed by atoms with Gasteiger partial charge in [0.15, 0.2) is 0 Å². The molecule has 6 aliphatic rings. The zero-order valence-electron chi connectivity index (χ0n) is 39.6. The van der Waals surface area contributed by atoms with Gasteiger partial charge in [0.05, 0.1) is 0 Å². The summed E-state index contributed by atoms with van der Waals surface area (Å²) in [5.74, 6) is -3.70. The van der Waals surface area contributed by atoms with Crippen LogP contribution in [0.15, 0.2) is 118 Å². The third-order valence-corrected chi connectivity index (χ3v) is 17.7. The van der Waals surface area contributed by atoms with Crippen molar-refractivity contribution >= 4 is 70.6 Å². The SMILES string of the molecule is CC1=C(C#N)C(=O)N(C(=O)OCc2ccccc2)C(=O)/C1=C\c1cc2c(s1)-c1cc3c(cc1C21CCCCC1)-c1sc(/C=C2/C(=O)N(C(=O)OCc4ccccc4)C(=O)C(C#N)=C2C)cc1C31CCCCC1. The average molecular weight is 991 g/mol. The average Bonchev–Trinajstić information content (AvgIpc) is 4.13. The number of carbonyl (C=O) groups is 6. The first kappa shape index (κ1) is 46.6. The van der Waals surface area contributed by atoms with Crippen molar-refractivity contribution < 1.29 is 38.2 Å². The predicted molar refractivity (Wildman–Crippen MR) is 270 cm³/mol. The van der Waals surface area contributed by atoms with Crippen LogP contribution in [-0.4, -0.2) is 45.6 Å². The quantitative estimate of drug-likeness (QED) is 0.118. The van der Waals surface area contributed by atoms with Crippen LogP contribution in [0.25, 0.3) is 33.0 Å². The number of rotatable bonds is 6. The molecule has 14 heteroatoms. The van der Waals surface area contributed by atoms with Crippen LogP contribution < -0.4 is 0 Å². The number of thiophene rings is 2. The second-order valence-corrected chi connectivity index (χ2v) is 21.5. The Morgan fingerprint density at radius 2 is 0.931 bits per heavy atom. The molecular weight excluding hydrogens is 945 g/mol. The van der Waals surface area contributed by atoms with Gasteiger partial charge >= 0.3 is 12.2 Å². The molecule has 4 aliphatic carbocycles. The van der Waals surface area contributed by atoms with Gasteiger partial charge in [0.2, 0.25) is 0 Å². The highest BCUT2D eigenvalue weighted by atomic mass is 32.1. The topological polar surface area (TPSA) is 175 Å². The molecule has 0 unspecified atom stereocenters. The normalized spacial score (nSPS) is 19.7. The summed E-state index contributed by atoms with van der Waals surface area (Å²) < 4.78 is 10.8. The molecule has 0 N–H and O–H groups in total. The van der Waals surface area contributed by atoms with Crippen molar-refractivity contribution in [1.29, 1.82) is 10.5 Å². The Labute approximate surface area is 423 Å². The van der Waals surface area contributed by atoms with Crippen molar-refractivity contribution in [2.45, 2.75) is 102 Å². The van der Waals surface area contributed by atoms with Crippen LogP contribution in [0.4, 0.5) is 9.59 Å². The Hall–Kier alpha value is -7.78. The first-order valence-corrected chi connectivity index (χ1v) is 25.9. The Balaban J connectivity index is 0.970. The number of hydrogen-bond donors (Lipinski definition) is 0. The van der Waals surface area contributed by atoms with Gasteiger partial charge in [-0.3, -0.25) is 19.2 Å². The number of benzene rings is 3. The van der Waals surface area contributed by atoms with E-state index in [0.29, 0.717) is 20.9 Å². The van der Waals surface area contributed by atoms with Crippen LogP contribution in [0, 0.1) is 22.7 Å². The number of fused-ring (bicyclic) bond motifs is 10. The van der Waals surface area contributed by atoms with Crippen LogP contribution in [0.2, 0.25) is 0 Å². The third kappa shape index (κ3) is 7.34. The van der Waals surface area contributed by atoms with E-state index in [1.54, 1.807) is 97.2 Å². The highest BCUT2D eigenvalue weighted by molar-refractivity contribution is 7.17. The number of nitrogens with zero attached hydrogens (tertiary/aromatic N) is 4. The highest BCUT2D eigenvalue weighted by Crippen LogP contribution is 2.64. The zero-order valence-corrected chi connectivity index (χ0v) is 41.2. The lowest BCUT2D eigenvalue weighted by Gasteiger charge is -2.37. The van der Waals surface area contributed by atoms with Gasteiger partial charge in [0.1, 0.15) is 36.5 Å². The van der Waals surface area contributed by atoms with Crippen molar-refractivity contribution in [2.75, 3.05) is 0 Å². The van der Waals surface area contributed by atoms with Gasteiger partial charge in [-0.05, 0) is 132 Å². The van der Waals surface area contributed by atoms with Crippen LogP contribution in [0.5, 0.6) is 0 Å². The molecule has 2 spiro atoms. The van der Waals surface area contributed by atoms with E-state index in [9.17, 15) is 39.3 Å². The van der Waals surface area contributed by atoms with E-state index in [2.05, 4.69) is 24.3 Å². The minimum Gasteiger partial charge on any atom is -0.444 e. The molecule has 11 rings (SSSR count). The van der Waals surface area contributed by atoms with Crippen molar-refractivity contribution in [3.8, 4) is 33.0 Å². The standard InChI is InChI=1S/C58H46N4O8S2/c1-33-39(51(63)61(53(65)43(33)29-59)55(67)69-31-35-15-7-3-8-16-35)23-37-25-47-49(71-37)41-27-46-42(28-45(41)57(47)19-11-5-12-20-57)50-48(58(46)21-13-6-14-22-58)26-38(72-50)24-40-34(2)44(30-60)54(66)62(52(40)64)56(68)70-32-36-17-9-4-10-18-36/h3-4,7-10,15-18,23-28H,5-6,11-14,19-22,31-32H2,1-2H3/b39-23-,40-24+. The summed E-state index contributed by atoms with van der Waals surface area (Å²) in [6, 6.07) is 30.8. The number of carbonyl (C=O) groups excluding carboxylic acids is 6. The summed E-state index contributed by atoms with van der Waals surface area (Å²) in [6.07, 6.45) is 11.2. The Morgan fingerprint density at radius 3 is 1.29 bits per heavy atom. The second-order valence-electron chi connectivity index (χ2n) is 19.3. The van der Waals surface area contributed by atoms with E-state index in [0.717, 1.165) is 83.7 Å². The molecule has 5 aromatic rings. The molecule has 72 heavy (non-hydrogen) atoms. The molecule has 0 radical (unpaired) electrons. The third-order valence-electron chi connectivity index (χ3n) is 15.5. The molecule has 0 saturated heterocycles. The van der Waals surface area contributed by atoms with Crippen molar-refractivity contribution in [3.05, 3.63) is 162 Å². The Kier molecular flexibility index (Phi) is 11.7. The molecule has 0 atom stereocenters. The molecular formula is C58H46N4O8S2. The molecule has 0 bridgehead atoms. The summed E-state index contributed by atoms with van der Waals surface area (Å²) in [4.78, 5) is 86.7. The van der Waals surface area contributed by atoms with E-state index >= 15 is 0 Å². The number of ether oxygens (including phenoxy) is 2. The first-order chi connectivity index (χ1) is 34.9. The molecule has 2 aromatic heterocycles. The van der Waals surface area contributed by atoms with Crippen LogP contribution in [0.1, 0.15) is 121 Å². The summed E-state index contributed by atoms with van der Waals surface area (Å²) >= 11 is 3.15. The summed E-state index contributed by atoms with van der Waals surface area (Å²) in [7, 11) is 0. The summed E-state index contributed by atoms with van der Waals surface area (Å²) in [5, 5.41) is 20.2. The molecule has 6 amide bonds. The van der Waals surface area contributed by atoms with Gasteiger partial charge in [-0.1, -0.05) is 99.2 Å². The Bertz CT molecular complexity index is 3210. The van der Waals surface area contributed by atoms with Gasteiger partial charge in [-0.2, -0.15) is 20.3 Å². The largest absolute Gasteiger partial charge is 0.444 e. The number of imide groups is 6. The monoisotopic (exact) mass is 990 g/mol. The van der Waals surface area contributed by atoms with Crippen LogP contribution in [0.3, 0.4) is 0 Å². The smallest absolute Gasteiger partial charge is 0.424 e. The second kappa shape index (κ2) is 18.1. The lowest BCUT2D eigenvalue weighted by Crippen LogP contribution is -2.46. The maximum Gasteiger partial charge on any atom is 0.424 e. The molecule has 3 aromatic carbocycles. The zero-order chi connectivity index (χ0) is 50.1. The molecule has 2 aliphatic heterocycles.